The third-order valence-corrected chi connectivity index (χ3v) is 5.51. The predicted molar refractivity (Wildman–Crippen MR) is 95.3 cm³/mol. The van der Waals surface area contributed by atoms with E-state index in [0.29, 0.717) is 11.6 Å². The van der Waals surface area contributed by atoms with Crippen molar-refractivity contribution in [1.29, 1.82) is 0 Å². The number of nitrogens with zero attached hydrogens (tertiary/aromatic N) is 2. The zero-order valence-corrected chi connectivity index (χ0v) is 14.8. The molecule has 2 fully saturated rings. The Balaban J connectivity index is 1.49. The number of aldehydes is 1. The molecule has 7 heteroatoms. The second-order valence-electron chi connectivity index (χ2n) is 7.18. The molecule has 2 aliphatic rings. The first-order chi connectivity index (χ1) is 12.5. The third kappa shape index (κ3) is 4.76. The highest BCUT2D eigenvalue weighted by Crippen LogP contribution is 2.32. The van der Waals surface area contributed by atoms with Crippen LogP contribution >= 0.6 is 0 Å². The van der Waals surface area contributed by atoms with Gasteiger partial charge in [-0.15, -0.1) is 0 Å². The molecule has 0 saturated carbocycles. The summed E-state index contributed by atoms with van der Waals surface area (Å²) in [5, 5.41) is 3.27. The van der Waals surface area contributed by atoms with Gasteiger partial charge in [0.2, 0.25) is 0 Å². The van der Waals surface area contributed by atoms with E-state index in [0.717, 1.165) is 70.9 Å². The van der Waals surface area contributed by atoms with Crippen LogP contribution in [0.3, 0.4) is 0 Å². The van der Waals surface area contributed by atoms with Gasteiger partial charge in [-0.25, -0.2) is 0 Å². The summed E-state index contributed by atoms with van der Waals surface area (Å²) in [6.07, 6.45) is -0.102. The number of piperidine rings is 1. The smallest absolute Gasteiger partial charge is 0.369 e. The van der Waals surface area contributed by atoms with Gasteiger partial charge in [0.1, 0.15) is 6.29 Å². The van der Waals surface area contributed by atoms with E-state index in [-0.39, 0.29) is 6.04 Å². The first kappa shape index (κ1) is 19.2. The molecule has 26 heavy (non-hydrogen) atoms. The molecule has 2 heterocycles. The number of carbonyl (C=O) groups is 1. The summed E-state index contributed by atoms with van der Waals surface area (Å²) in [5.41, 5.74) is 0.0408. The minimum Gasteiger partial charge on any atom is -0.369 e. The SMILES string of the molecule is O=CC1NCCCC1CCN1CCN(c2cccc(C(F)(F)F)c2)CC1. The van der Waals surface area contributed by atoms with E-state index < -0.39 is 11.7 Å². The van der Waals surface area contributed by atoms with Gasteiger partial charge in [-0.1, -0.05) is 6.07 Å². The van der Waals surface area contributed by atoms with Crippen LogP contribution in [-0.4, -0.2) is 56.5 Å². The van der Waals surface area contributed by atoms with Gasteiger partial charge in [-0.05, 0) is 56.5 Å². The maximum absolute atomic E-state index is 12.9. The molecular formula is C19H26F3N3O. The fraction of sp³-hybridized carbons (Fsp3) is 0.632. The fourth-order valence-electron chi connectivity index (χ4n) is 3.92. The minimum absolute atomic E-state index is 0.0323. The van der Waals surface area contributed by atoms with Crippen LogP contribution in [0.1, 0.15) is 24.8 Å². The minimum atomic E-state index is -4.30. The summed E-state index contributed by atoms with van der Waals surface area (Å²) in [5.74, 6) is 0.391. The van der Waals surface area contributed by atoms with Gasteiger partial charge >= 0.3 is 6.18 Å². The molecule has 0 radical (unpaired) electrons. The van der Waals surface area contributed by atoms with E-state index in [2.05, 4.69) is 10.2 Å². The lowest BCUT2D eigenvalue weighted by atomic mass is 9.88. The van der Waals surface area contributed by atoms with E-state index in [1.165, 1.54) is 12.1 Å². The van der Waals surface area contributed by atoms with Crippen molar-refractivity contribution in [3.8, 4) is 0 Å². The summed E-state index contributed by atoms with van der Waals surface area (Å²) in [6, 6.07) is 5.53. The third-order valence-electron chi connectivity index (χ3n) is 5.51. The highest BCUT2D eigenvalue weighted by molar-refractivity contribution is 5.58. The van der Waals surface area contributed by atoms with Crippen molar-refractivity contribution < 1.29 is 18.0 Å². The Morgan fingerprint density at radius 1 is 1.19 bits per heavy atom. The summed E-state index contributed by atoms with van der Waals surface area (Å²) in [6.45, 7) is 4.97. The molecule has 3 rings (SSSR count). The Morgan fingerprint density at radius 2 is 1.96 bits per heavy atom. The Bertz CT molecular complexity index is 600. The molecule has 4 nitrogen and oxygen atoms in total. The second kappa shape index (κ2) is 8.39. The molecule has 0 bridgehead atoms. The molecule has 2 saturated heterocycles. The second-order valence-corrected chi connectivity index (χ2v) is 7.18. The van der Waals surface area contributed by atoms with Crippen LogP contribution in [0, 0.1) is 5.92 Å². The molecule has 0 aliphatic carbocycles. The quantitative estimate of drug-likeness (QED) is 0.810. The van der Waals surface area contributed by atoms with Gasteiger partial charge < -0.3 is 15.0 Å². The molecule has 0 aromatic heterocycles. The van der Waals surface area contributed by atoms with Gasteiger partial charge in [-0.2, -0.15) is 13.2 Å². The number of hydrogen-bond acceptors (Lipinski definition) is 4. The molecule has 144 valence electrons. The van der Waals surface area contributed by atoms with Crippen molar-refractivity contribution in [2.24, 2.45) is 5.92 Å². The Morgan fingerprint density at radius 3 is 2.65 bits per heavy atom. The first-order valence-electron chi connectivity index (χ1n) is 9.30. The van der Waals surface area contributed by atoms with Gasteiger partial charge in [0, 0.05) is 31.9 Å². The van der Waals surface area contributed by atoms with Crippen LogP contribution in [0.4, 0.5) is 18.9 Å². The predicted octanol–water partition coefficient (Wildman–Crippen LogP) is 2.78. The molecule has 1 aromatic carbocycles. The number of halogens is 3. The first-order valence-corrected chi connectivity index (χ1v) is 9.30. The monoisotopic (exact) mass is 369 g/mol. The lowest BCUT2D eigenvalue weighted by molar-refractivity contribution is -0.137. The van der Waals surface area contributed by atoms with E-state index in [9.17, 15) is 18.0 Å². The van der Waals surface area contributed by atoms with Crippen LogP contribution in [0.5, 0.6) is 0 Å². The van der Waals surface area contributed by atoms with Crippen molar-refractivity contribution in [2.75, 3.05) is 44.2 Å². The highest BCUT2D eigenvalue weighted by Gasteiger charge is 2.31. The summed E-state index contributed by atoms with van der Waals surface area (Å²) in [4.78, 5) is 15.5. The number of hydrogen-bond donors (Lipinski definition) is 1. The zero-order chi connectivity index (χ0) is 18.6. The van der Waals surface area contributed by atoms with E-state index in [1.54, 1.807) is 6.07 Å². The molecule has 0 spiro atoms. The molecule has 2 atom stereocenters. The summed E-state index contributed by atoms with van der Waals surface area (Å²) >= 11 is 0. The standard InChI is InChI=1S/C19H26F3N3O/c20-19(21,22)16-4-1-5-17(13-16)25-11-9-24(10-12-25)8-6-15-3-2-7-23-18(15)14-26/h1,4-5,13-15,18,23H,2-3,6-12H2. The number of piperazine rings is 1. The molecule has 1 aromatic rings. The van der Waals surface area contributed by atoms with Gasteiger partial charge in [0.05, 0.1) is 11.6 Å². The van der Waals surface area contributed by atoms with Crippen LogP contribution in [-0.2, 0) is 11.0 Å². The number of rotatable bonds is 5. The number of benzene rings is 1. The molecule has 2 aliphatic heterocycles. The lowest BCUT2D eigenvalue weighted by Gasteiger charge is -2.37. The largest absolute Gasteiger partial charge is 0.416 e. The van der Waals surface area contributed by atoms with Crippen LogP contribution < -0.4 is 10.2 Å². The van der Waals surface area contributed by atoms with Crippen molar-refractivity contribution in [3.05, 3.63) is 29.8 Å². The lowest BCUT2D eigenvalue weighted by Crippen LogP contribution is -2.48. The zero-order valence-electron chi connectivity index (χ0n) is 14.8. The number of carbonyl (C=O) groups excluding carboxylic acids is 1. The number of anilines is 1. The average molecular weight is 369 g/mol. The van der Waals surface area contributed by atoms with Crippen molar-refractivity contribution in [2.45, 2.75) is 31.5 Å². The Labute approximate surface area is 152 Å². The Hall–Kier alpha value is -1.60. The summed E-state index contributed by atoms with van der Waals surface area (Å²) < 4.78 is 38.6. The molecular weight excluding hydrogens is 343 g/mol. The highest BCUT2D eigenvalue weighted by atomic mass is 19.4. The molecule has 0 amide bonds. The molecule has 2 unspecified atom stereocenters. The topological polar surface area (TPSA) is 35.6 Å². The maximum atomic E-state index is 12.9. The van der Waals surface area contributed by atoms with Crippen molar-refractivity contribution in [1.82, 2.24) is 10.2 Å². The van der Waals surface area contributed by atoms with Crippen LogP contribution in [0.15, 0.2) is 24.3 Å². The van der Waals surface area contributed by atoms with Gasteiger partial charge in [0.25, 0.3) is 0 Å². The van der Waals surface area contributed by atoms with Crippen LogP contribution in [0.2, 0.25) is 0 Å². The number of alkyl halides is 3. The maximum Gasteiger partial charge on any atom is 0.416 e. The van der Waals surface area contributed by atoms with Crippen molar-refractivity contribution >= 4 is 12.0 Å². The van der Waals surface area contributed by atoms with Gasteiger partial charge in [-0.3, -0.25) is 4.90 Å². The number of nitrogens with one attached hydrogen (secondary N) is 1. The average Bonchev–Trinajstić information content (AvgIpc) is 2.66. The van der Waals surface area contributed by atoms with Crippen LogP contribution in [0.25, 0.3) is 0 Å². The van der Waals surface area contributed by atoms with E-state index in [4.69, 9.17) is 0 Å². The Kier molecular flexibility index (Phi) is 6.19. The van der Waals surface area contributed by atoms with Crippen molar-refractivity contribution in [3.63, 3.8) is 0 Å². The molecule has 1 N–H and O–H groups in total. The normalized spacial score (nSPS) is 25.3. The summed E-state index contributed by atoms with van der Waals surface area (Å²) in [7, 11) is 0. The van der Waals surface area contributed by atoms with E-state index in [1.807, 2.05) is 4.90 Å². The fourth-order valence-corrected chi connectivity index (χ4v) is 3.92. The van der Waals surface area contributed by atoms with E-state index >= 15 is 0 Å². The van der Waals surface area contributed by atoms with Gasteiger partial charge in [0.15, 0.2) is 0 Å².